The molecule has 0 bridgehead atoms. The lowest BCUT2D eigenvalue weighted by Crippen LogP contribution is -2.26. The van der Waals surface area contributed by atoms with E-state index in [4.69, 9.17) is 9.47 Å². The Morgan fingerprint density at radius 2 is 0.804 bits per heavy atom. The number of carbonyl (C=O) groups is 2. The molecule has 2 aliphatic rings. The third kappa shape index (κ3) is 7.84. The first kappa shape index (κ1) is 41.8. The second-order valence-electron chi connectivity index (χ2n) is 11.7. The van der Waals surface area contributed by atoms with Gasteiger partial charge in [0.25, 0.3) is 0 Å². The van der Waals surface area contributed by atoms with Crippen molar-refractivity contribution in [2.75, 3.05) is 0 Å². The molecule has 0 radical (unpaired) electrons. The maximum absolute atomic E-state index is 13.7. The summed E-state index contributed by atoms with van der Waals surface area (Å²) in [4.78, 5) is 22.7. The zero-order valence-corrected chi connectivity index (χ0v) is 29.8. The molecular weight excluding hydrogens is 822 g/mol. The fourth-order valence-electron chi connectivity index (χ4n) is 5.13. The molecule has 0 N–H and O–H groups in total. The summed E-state index contributed by atoms with van der Waals surface area (Å²) in [5, 5.41) is 0. The molecule has 56 heavy (non-hydrogen) atoms. The summed E-state index contributed by atoms with van der Waals surface area (Å²) in [5.41, 5.74) is 0.194. The van der Waals surface area contributed by atoms with Gasteiger partial charge >= 0.3 is 20.2 Å². The molecule has 6 rings (SSSR count). The summed E-state index contributed by atoms with van der Waals surface area (Å²) in [5.74, 6) is -28.7. The van der Waals surface area contributed by atoms with Crippen molar-refractivity contribution >= 4 is 31.8 Å². The number of fused-ring (bicyclic) bond motifs is 2. The first-order valence-corrected chi connectivity index (χ1v) is 18.5. The van der Waals surface area contributed by atoms with Gasteiger partial charge in [-0.3, -0.25) is 9.59 Å². The Bertz CT molecular complexity index is 2280. The summed E-state index contributed by atoms with van der Waals surface area (Å²) in [6.07, 6.45) is 0.128. The summed E-state index contributed by atoms with van der Waals surface area (Å²) in [6.45, 7) is 3.49. The number of ether oxygens (including phenoxy) is 2. The highest BCUT2D eigenvalue weighted by molar-refractivity contribution is 7.87. The molecule has 0 aliphatic carbocycles. The second kappa shape index (κ2) is 15.6. The lowest BCUT2D eigenvalue weighted by atomic mass is 10.00. The number of benzene rings is 4. The molecule has 2 atom stereocenters. The van der Waals surface area contributed by atoms with Crippen LogP contribution < -0.4 is 17.8 Å². The smallest absolute Gasteiger partial charge is 0.339 e. The molecule has 4 aromatic carbocycles. The Labute approximate surface area is 309 Å². The molecule has 300 valence electrons. The number of carbonyl (C=O) groups excluding carboxylic acids is 2. The number of Topliss-reactive ketones (excluding diaryl/α,β-unsaturated/α-hetero) is 2. The fraction of sp³-hybridized carbons (Fsp3) is 0.235. The van der Waals surface area contributed by atoms with Crippen LogP contribution in [-0.2, 0) is 20.2 Å². The van der Waals surface area contributed by atoms with Crippen LogP contribution in [0.4, 0.5) is 43.9 Å². The Morgan fingerprint density at radius 3 is 1.09 bits per heavy atom. The van der Waals surface area contributed by atoms with Gasteiger partial charge in [0.05, 0.1) is 11.1 Å². The standard InChI is InChI=1S/2C17H11F5O5S/c2*1-2-7-5-10(23)9-4-3-8(6-11(9)26-7)28(24,25)27-17-15(21)13(19)12(18)14(20)16(17)22/h2*3-4,6-7H,2,5H2,1H3/t2*7-/m10/s1. The molecule has 2 heterocycles. The average Bonchev–Trinajstić information content (AvgIpc) is 3.17. The minimum absolute atomic E-state index is 0.0924. The van der Waals surface area contributed by atoms with Crippen LogP contribution >= 0.6 is 0 Å². The van der Waals surface area contributed by atoms with Crippen LogP contribution in [0.1, 0.15) is 60.2 Å². The Kier molecular flexibility index (Phi) is 11.7. The number of hydrogen-bond acceptors (Lipinski definition) is 10. The molecule has 4 aromatic rings. The maximum Gasteiger partial charge on any atom is 0.339 e. The molecule has 2 aliphatic heterocycles. The Hall–Kier alpha value is -5.38. The molecule has 0 aromatic heterocycles. The normalized spacial score (nSPS) is 16.5. The molecule has 10 nitrogen and oxygen atoms in total. The van der Waals surface area contributed by atoms with Crippen LogP contribution in [0.25, 0.3) is 0 Å². The summed E-state index contributed by atoms with van der Waals surface area (Å²) >= 11 is 0. The Morgan fingerprint density at radius 1 is 0.518 bits per heavy atom. The molecule has 22 heteroatoms. The van der Waals surface area contributed by atoms with E-state index in [0.29, 0.717) is 12.8 Å². The van der Waals surface area contributed by atoms with Gasteiger partial charge in [0, 0.05) is 25.0 Å². The molecular formula is C34H22F10O10S2. The lowest BCUT2D eigenvalue weighted by molar-refractivity contribution is 0.0835. The first-order chi connectivity index (χ1) is 26.1. The van der Waals surface area contributed by atoms with Crippen LogP contribution in [0.15, 0.2) is 46.2 Å². The van der Waals surface area contributed by atoms with Crippen molar-refractivity contribution < 1.29 is 88.2 Å². The van der Waals surface area contributed by atoms with Gasteiger partial charge in [0.15, 0.2) is 11.6 Å². The van der Waals surface area contributed by atoms with E-state index in [0.717, 1.165) is 36.4 Å². The van der Waals surface area contributed by atoms with Gasteiger partial charge in [-0.05, 0) is 37.1 Å². The van der Waals surface area contributed by atoms with E-state index in [9.17, 15) is 70.3 Å². The lowest BCUT2D eigenvalue weighted by Gasteiger charge is -2.24. The number of halogens is 10. The topological polar surface area (TPSA) is 139 Å². The molecule has 0 fully saturated rings. The van der Waals surface area contributed by atoms with Crippen molar-refractivity contribution in [1.29, 1.82) is 0 Å². The van der Waals surface area contributed by atoms with Crippen molar-refractivity contribution in [3.05, 3.63) is 106 Å². The minimum atomic E-state index is -5.01. The number of rotatable bonds is 8. The van der Waals surface area contributed by atoms with E-state index < -0.39 is 112 Å². The largest absolute Gasteiger partial charge is 0.489 e. The predicted octanol–water partition coefficient (Wildman–Crippen LogP) is 7.79. The average molecular weight is 845 g/mol. The Balaban J connectivity index is 0.000000214. The number of ketones is 2. The minimum Gasteiger partial charge on any atom is -0.489 e. The third-order valence-electron chi connectivity index (χ3n) is 8.13. The van der Waals surface area contributed by atoms with Gasteiger partial charge < -0.3 is 17.8 Å². The van der Waals surface area contributed by atoms with Crippen LogP contribution in [0.2, 0.25) is 0 Å². The van der Waals surface area contributed by atoms with Crippen molar-refractivity contribution in [2.24, 2.45) is 0 Å². The van der Waals surface area contributed by atoms with Gasteiger partial charge in [-0.2, -0.15) is 34.4 Å². The van der Waals surface area contributed by atoms with Crippen molar-refractivity contribution in [2.45, 2.75) is 61.5 Å². The molecule has 0 saturated carbocycles. The van der Waals surface area contributed by atoms with E-state index in [1.165, 1.54) is 0 Å². The molecule has 0 unspecified atom stereocenters. The van der Waals surface area contributed by atoms with Crippen molar-refractivity contribution in [3.63, 3.8) is 0 Å². The SMILES string of the molecule is CC[C@@H]1CC(=O)c2ccc(S(=O)(=O)Oc3c(F)c(F)c(F)c(F)c3F)cc2O1.CC[C@H]1CC(=O)c2ccc(S(=O)(=O)Oc3c(F)c(F)c(F)c(F)c3F)cc2O1. The van der Waals surface area contributed by atoms with Gasteiger partial charge in [-0.15, -0.1) is 0 Å². The zero-order valence-electron chi connectivity index (χ0n) is 28.1. The predicted molar refractivity (Wildman–Crippen MR) is 168 cm³/mol. The quantitative estimate of drug-likeness (QED) is 0.0748. The molecule has 0 saturated heterocycles. The highest BCUT2D eigenvalue weighted by Crippen LogP contribution is 2.36. The van der Waals surface area contributed by atoms with Gasteiger partial charge in [0.2, 0.25) is 69.7 Å². The van der Waals surface area contributed by atoms with Crippen molar-refractivity contribution in [1.82, 2.24) is 0 Å². The van der Waals surface area contributed by atoms with E-state index in [1.54, 1.807) is 13.8 Å². The van der Waals surface area contributed by atoms with E-state index in [1.807, 2.05) is 0 Å². The highest BCUT2D eigenvalue weighted by atomic mass is 32.2. The van der Waals surface area contributed by atoms with E-state index >= 15 is 0 Å². The molecule has 0 amide bonds. The van der Waals surface area contributed by atoms with E-state index in [-0.39, 0.29) is 47.0 Å². The zero-order chi connectivity index (χ0) is 41.6. The fourth-order valence-corrected chi connectivity index (χ4v) is 7.03. The summed E-state index contributed by atoms with van der Waals surface area (Å²) < 4.78 is 202. The van der Waals surface area contributed by atoms with Crippen LogP contribution in [0, 0.1) is 58.2 Å². The summed E-state index contributed by atoms with van der Waals surface area (Å²) in [6, 6.07) is 5.78. The van der Waals surface area contributed by atoms with Crippen molar-refractivity contribution in [3.8, 4) is 23.0 Å². The van der Waals surface area contributed by atoms with E-state index in [2.05, 4.69) is 8.37 Å². The van der Waals surface area contributed by atoms with Gasteiger partial charge in [-0.1, -0.05) is 13.8 Å². The molecule has 0 spiro atoms. The monoisotopic (exact) mass is 844 g/mol. The van der Waals surface area contributed by atoms with Crippen LogP contribution in [0.3, 0.4) is 0 Å². The first-order valence-electron chi connectivity index (χ1n) is 15.7. The summed E-state index contributed by atoms with van der Waals surface area (Å²) in [7, 11) is -10.0. The third-order valence-corrected chi connectivity index (χ3v) is 10.6. The van der Waals surface area contributed by atoms with Gasteiger partial charge in [-0.25, -0.2) is 26.3 Å². The maximum atomic E-state index is 13.7. The van der Waals surface area contributed by atoms with Gasteiger partial charge in [0.1, 0.15) is 33.5 Å². The van der Waals surface area contributed by atoms with Crippen LogP contribution in [0.5, 0.6) is 23.0 Å². The van der Waals surface area contributed by atoms with Crippen LogP contribution in [-0.4, -0.2) is 40.6 Å². The second-order valence-corrected chi connectivity index (χ2v) is 14.8. The highest BCUT2D eigenvalue weighted by Gasteiger charge is 2.35. The number of hydrogen-bond donors (Lipinski definition) is 0.